The lowest BCUT2D eigenvalue weighted by Gasteiger charge is -2.34. The van der Waals surface area contributed by atoms with Crippen LogP contribution >= 0.6 is 22.7 Å². The first-order valence-electron chi connectivity index (χ1n) is 18.5. The van der Waals surface area contributed by atoms with Gasteiger partial charge in [-0.15, -0.1) is 22.7 Å². The Bertz CT molecular complexity index is 2780. The molecule has 0 bridgehead atoms. The molecule has 2 heterocycles. The van der Waals surface area contributed by atoms with E-state index in [0.717, 1.165) is 21.1 Å². The van der Waals surface area contributed by atoms with Gasteiger partial charge in [-0.1, -0.05) is 158 Å². The van der Waals surface area contributed by atoms with E-state index in [1.807, 2.05) is 23.2 Å². The topological polar surface area (TPSA) is 25.8 Å². The van der Waals surface area contributed by atoms with Crippen LogP contribution in [0.1, 0.15) is 22.3 Å². The van der Waals surface area contributed by atoms with Crippen molar-refractivity contribution < 1.29 is 0 Å². The van der Waals surface area contributed by atoms with Crippen LogP contribution in [-0.4, -0.2) is 9.97 Å². The van der Waals surface area contributed by atoms with Gasteiger partial charge in [-0.3, -0.25) is 0 Å². The normalized spacial score (nSPS) is 12.9. The Hall–Kier alpha value is -6.46. The molecule has 0 N–H and O–H groups in total. The molecule has 0 saturated heterocycles. The van der Waals surface area contributed by atoms with Crippen molar-refractivity contribution in [2.24, 2.45) is 0 Å². The number of fused-ring (bicyclic) bond motifs is 7. The second kappa shape index (κ2) is 12.8. The van der Waals surface area contributed by atoms with Crippen molar-refractivity contribution in [2.75, 3.05) is 0 Å². The van der Waals surface area contributed by atoms with Crippen molar-refractivity contribution in [3.63, 3.8) is 0 Å². The highest BCUT2D eigenvalue weighted by molar-refractivity contribution is 7.13. The number of hydrogen-bond donors (Lipinski definition) is 0. The largest absolute Gasteiger partial charge is 0.245 e. The fourth-order valence-electron chi connectivity index (χ4n) is 8.99. The quantitative estimate of drug-likeness (QED) is 0.170. The Kier molecular flexibility index (Phi) is 7.48. The van der Waals surface area contributed by atoms with E-state index in [-0.39, 0.29) is 0 Å². The van der Waals surface area contributed by atoms with Gasteiger partial charge in [0.1, 0.15) is 10.0 Å². The predicted molar refractivity (Wildman–Crippen MR) is 232 cm³/mol. The van der Waals surface area contributed by atoms with E-state index in [9.17, 15) is 0 Å². The molecule has 0 fully saturated rings. The molecule has 8 aromatic carbocycles. The number of rotatable bonds is 6. The molecule has 258 valence electrons. The summed E-state index contributed by atoms with van der Waals surface area (Å²) in [6, 6.07) is 63.2. The van der Waals surface area contributed by atoms with Crippen molar-refractivity contribution in [3.8, 4) is 54.5 Å². The minimum Gasteiger partial charge on any atom is -0.245 e. The molecule has 0 saturated carbocycles. The Morgan fingerprint density at radius 2 is 0.727 bits per heavy atom. The fourth-order valence-corrected chi connectivity index (χ4v) is 10.3. The predicted octanol–water partition coefficient (Wildman–Crippen LogP) is 13.9. The second-order valence-corrected chi connectivity index (χ2v) is 15.9. The van der Waals surface area contributed by atoms with Crippen molar-refractivity contribution in [2.45, 2.75) is 5.41 Å². The molecular formula is C51H32N2S2. The molecule has 11 rings (SSSR count). The highest BCUT2D eigenvalue weighted by Gasteiger charge is 2.48. The smallest absolute Gasteiger partial charge is 0.123 e. The number of benzene rings is 8. The monoisotopic (exact) mass is 736 g/mol. The van der Waals surface area contributed by atoms with Crippen LogP contribution in [0.3, 0.4) is 0 Å². The average molecular weight is 737 g/mol. The molecule has 1 aliphatic carbocycles. The summed E-state index contributed by atoms with van der Waals surface area (Å²) in [5.41, 5.74) is 14.3. The second-order valence-electron chi connectivity index (χ2n) is 14.1. The van der Waals surface area contributed by atoms with E-state index in [2.05, 4.69) is 180 Å². The number of nitrogens with zero attached hydrogens (tertiary/aromatic N) is 2. The molecule has 0 atom stereocenters. The number of hydrogen-bond acceptors (Lipinski definition) is 4. The first-order valence-corrected chi connectivity index (χ1v) is 20.3. The highest BCUT2D eigenvalue weighted by atomic mass is 32.1. The molecule has 55 heavy (non-hydrogen) atoms. The molecule has 0 spiro atoms. The van der Waals surface area contributed by atoms with Gasteiger partial charge >= 0.3 is 0 Å². The summed E-state index contributed by atoms with van der Waals surface area (Å²) in [6.07, 6.45) is 3.75. The van der Waals surface area contributed by atoms with E-state index in [4.69, 9.17) is 0 Å². The third-order valence-corrected chi connectivity index (χ3v) is 13.0. The lowest BCUT2D eigenvalue weighted by atomic mass is 9.66. The van der Waals surface area contributed by atoms with Gasteiger partial charge in [0, 0.05) is 34.3 Å². The van der Waals surface area contributed by atoms with Crippen LogP contribution in [0.5, 0.6) is 0 Å². The molecule has 2 aromatic heterocycles. The summed E-state index contributed by atoms with van der Waals surface area (Å²) in [6.45, 7) is 0. The molecule has 10 aromatic rings. The van der Waals surface area contributed by atoms with Crippen LogP contribution in [0.15, 0.2) is 193 Å². The third-order valence-electron chi connectivity index (χ3n) is 11.3. The molecule has 0 radical (unpaired) electrons. The first kappa shape index (κ1) is 32.0. The molecule has 0 aliphatic heterocycles. The standard InChI is InChI=1S/C51H32N2S2/c1-3-11-37(12-4-1)51(38-13-5-2-6-14-38)45-31-43(33-19-23-35(24-20-33)49-52-27-29-54-49)39-15-7-9-17-41(39)47(45)48-42-18-10-8-16-40(42)44(32-46(48)51)34-21-25-36(26-22-34)50-53-28-30-55-50/h1-32H. The Balaban J connectivity index is 1.26. The third kappa shape index (κ3) is 4.92. The summed E-state index contributed by atoms with van der Waals surface area (Å²) in [4.78, 5) is 9.16. The lowest BCUT2D eigenvalue weighted by molar-refractivity contribution is 0.770. The van der Waals surface area contributed by atoms with E-state index in [1.54, 1.807) is 22.7 Å². The summed E-state index contributed by atoms with van der Waals surface area (Å²) in [7, 11) is 0. The van der Waals surface area contributed by atoms with Gasteiger partial charge < -0.3 is 0 Å². The van der Waals surface area contributed by atoms with Gasteiger partial charge in [0.05, 0.1) is 5.41 Å². The zero-order chi connectivity index (χ0) is 36.3. The number of aromatic nitrogens is 2. The van der Waals surface area contributed by atoms with Gasteiger partial charge in [0.15, 0.2) is 0 Å². The molecule has 0 amide bonds. The first-order chi connectivity index (χ1) is 27.3. The van der Waals surface area contributed by atoms with Gasteiger partial charge in [0.2, 0.25) is 0 Å². The Morgan fingerprint density at radius 1 is 0.364 bits per heavy atom. The number of thiazole rings is 2. The molecule has 4 heteroatoms. The summed E-state index contributed by atoms with van der Waals surface area (Å²) < 4.78 is 0. The van der Waals surface area contributed by atoms with Crippen LogP contribution in [0, 0.1) is 0 Å². The lowest BCUT2D eigenvalue weighted by Crippen LogP contribution is -2.28. The summed E-state index contributed by atoms with van der Waals surface area (Å²) in [5, 5.41) is 11.2. The highest BCUT2D eigenvalue weighted by Crippen LogP contribution is 2.61. The summed E-state index contributed by atoms with van der Waals surface area (Å²) in [5.74, 6) is 0. The summed E-state index contributed by atoms with van der Waals surface area (Å²) >= 11 is 3.34. The zero-order valence-corrected chi connectivity index (χ0v) is 31.3. The Labute approximate surface area is 327 Å². The van der Waals surface area contributed by atoms with E-state index in [0.29, 0.717) is 0 Å². The fraction of sp³-hybridized carbons (Fsp3) is 0.0196. The minimum atomic E-state index is -0.591. The van der Waals surface area contributed by atoms with Crippen molar-refractivity contribution in [3.05, 3.63) is 215 Å². The average Bonchev–Trinajstić information content (AvgIpc) is 4.06. The molecule has 1 aliphatic rings. The maximum atomic E-state index is 4.58. The van der Waals surface area contributed by atoms with Crippen LogP contribution in [-0.2, 0) is 5.41 Å². The zero-order valence-electron chi connectivity index (χ0n) is 29.7. The van der Waals surface area contributed by atoms with Crippen LogP contribution in [0.2, 0.25) is 0 Å². The van der Waals surface area contributed by atoms with Crippen LogP contribution in [0.4, 0.5) is 0 Å². The van der Waals surface area contributed by atoms with Crippen LogP contribution < -0.4 is 0 Å². The SMILES string of the molecule is c1ccc(C2(c3ccccc3)c3cc(-c4ccc(-c5nccs5)cc4)c4ccccc4c3-c3c2cc(-c2ccc(-c4nccs4)cc2)c2ccccc32)cc1. The van der Waals surface area contributed by atoms with E-state index >= 15 is 0 Å². The molecule has 2 nitrogen and oxygen atoms in total. The van der Waals surface area contributed by atoms with E-state index < -0.39 is 5.41 Å². The van der Waals surface area contributed by atoms with Crippen molar-refractivity contribution in [1.29, 1.82) is 0 Å². The molecular weight excluding hydrogens is 705 g/mol. The van der Waals surface area contributed by atoms with E-state index in [1.165, 1.54) is 77.2 Å². The minimum absolute atomic E-state index is 0.591. The maximum Gasteiger partial charge on any atom is 0.123 e. The van der Waals surface area contributed by atoms with Crippen molar-refractivity contribution in [1.82, 2.24) is 9.97 Å². The van der Waals surface area contributed by atoms with Gasteiger partial charge in [-0.05, 0) is 89.3 Å². The van der Waals surface area contributed by atoms with Gasteiger partial charge in [-0.2, -0.15) is 0 Å². The van der Waals surface area contributed by atoms with Crippen LogP contribution in [0.25, 0.3) is 76.1 Å². The van der Waals surface area contributed by atoms with Gasteiger partial charge in [0.25, 0.3) is 0 Å². The van der Waals surface area contributed by atoms with Gasteiger partial charge in [-0.25, -0.2) is 9.97 Å². The maximum absolute atomic E-state index is 4.58. The Morgan fingerprint density at radius 3 is 1.11 bits per heavy atom. The molecule has 0 unspecified atom stereocenters. The van der Waals surface area contributed by atoms with Crippen molar-refractivity contribution >= 4 is 44.2 Å².